The molecule has 0 bridgehead atoms. The predicted octanol–water partition coefficient (Wildman–Crippen LogP) is 2.46. The molecule has 0 spiro atoms. The summed E-state index contributed by atoms with van der Waals surface area (Å²) in [7, 11) is 2.72. The maximum Gasteiger partial charge on any atom is 0.410 e. The number of likely N-dealkylation sites (N-methyl/N-ethyl adjacent to an activating group) is 1. The van der Waals surface area contributed by atoms with Crippen LogP contribution in [-0.2, 0) is 25.7 Å². The first-order valence-electron chi connectivity index (χ1n) is 8.35. The second-order valence-electron chi connectivity index (χ2n) is 5.79. The Morgan fingerprint density at radius 3 is 2.07 bits per heavy atom. The lowest BCUT2D eigenvalue weighted by molar-refractivity contribution is -0.140. The fourth-order valence-corrected chi connectivity index (χ4v) is 2.31. The highest BCUT2D eigenvalue weighted by molar-refractivity contribution is 5.99. The SMILES string of the molecule is COC(=O)CN(C(=O)CN(C)C(=O)OCc1ccccc1)c1ccccc1. The van der Waals surface area contributed by atoms with Crippen LogP contribution in [-0.4, -0.2) is 50.1 Å². The first-order valence-corrected chi connectivity index (χ1v) is 8.35. The molecular formula is C20H22N2O5. The van der Waals surface area contributed by atoms with Crippen molar-refractivity contribution in [3.63, 3.8) is 0 Å². The van der Waals surface area contributed by atoms with Gasteiger partial charge < -0.3 is 14.4 Å². The first kappa shape index (κ1) is 20.0. The van der Waals surface area contributed by atoms with E-state index in [4.69, 9.17) is 4.74 Å². The van der Waals surface area contributed by atoms with E-state index < -0.39 is 18.0 Å². The number of amides is 2. The van der Waals surface area contributed by atoms with Gasteiger partial charge in [-0.15, -0.1) is 0 Å². The number of anilines is 1. The lowest BCUT2D eigenvalue weighted by atomic mass is 10.2. The number of carbonyl (C=O) groups is 3. The number of para-hydroxylation sites is 1. The number of esters is 1. The van der Waals surface area contributed by atoms with Gasteiger partial charge in [0.25, 0.3) is 0 Å². The third-order valence-corrected chi connectivity index (χ3v) is 3.77. The van der Waals surface area contributed by atoms with E-state index in [1.807, 2.05) is 30.3 Å². The van der Waals surface area contributed by atoms with Gasteiger partial charge >= 0.3 is 12.1 Å². The molecule has 7 nitrogen and oxygen atoms in total. The normalized spacial score (nSPS) is 10.0. The van der Waals surface area contributed by atoms with E-state index in [-0.39, 0.29) is 19.7 Å². The van der Waals surface area contributed by atoms with Crippen molar-refractivity contribution >= 4 is 23.7 Å². The third-order valence-electron chi connectivity index (χ3n) is 3.77. The van der Waals surface area contributed by atoms with Gasteiger partial charge in [0.15, 0.2) is 0 Å². The molecule has 2 rings (SSSR count). The molecule has 0 heterocycles. The van der Waals surface area contributed by atoms with Crippen LogP contribution in [0.1, 0.15) is 5.56 Å². The standard InChI is InChI=1S/C20H22N2O5/c1-21(20(25)27-15-16-9-5-3-6-10-16)13-18(23)22(14-19(24)26-2)17-11-7-4-8-12-17/h3-12H,13-15H2,1-2H3. The maximum absolute atomic E-state index is 12.7. The Morgan fingerprint density at radius 2 is 1.48 bits per heavy atom. The molecule has 0 aliphatic carbocycles. The molecule has 2 amide bonds. The number of hydrogen-bond donors (Lipinski definition) is 0. The Labute approximate surface area is 158 Å². The third kappa shape index (κ3) is 6.14. The van der Waals surface area contributed by atoms with Crippen LogP contribution in [0, 0.1) is 0 Å². The van der Waals surface area contributed by atoms with Crippen LogP contribution in [0.4, 0.5) is 10.5 Å². The molecule has 0 atom stereocenters. The van der Waals surface area contributed by atoms with Crippen LogP contribution in [0.5, 0.6) is 0 Å². The molecule has 0 saturated heterocycles. The number of rotatable bonds is 7. The van der Waals surface area contributed by atoms with Gasteiger partial charge in [0, 0.05) is 12.7 Å². The summed E-state index contributed by atoms with van der Waals surface area (Å²) in [6.07, 6.45) is -0.627. The zero-order valence-electron chi connectivity index (χ0n) is 15.3. The van der Waals surface area contributed by atoms with E-state index in [9.17, 15) is 14.4 Å². The van der Waals surface area contributed by atoms with Crippen molar-refractivity contribution in [3.05, 3.63) is 66.2 Å². The van der Waals surface area contributed by atoms with Crippen LogP contribution in [0.3, 0.4) is 0 Å². The van der Waals surface area contributed by atoms with Crippen molar-refractivity contribution in [3.8, 4) is 0 Å². The molecule has 0 aromatic heterocycles. The Hall–Kier alpha value is -3.35. The predicted molar refractivity (Wildman–Crippen MR) is 100 cm³/mol. The summed E-state index contributed by atoms with van der Waals surface area (Å²) in [6.45, 7) is -0.367. The van der Waals surface area contributed by atoms with Gasteiger partial charge in [0.1, 0.15) is 19.7 Å². The summed E-state index contributed by atoms with van der Waals surface area (Å²) in [4.78, 5) is 38.9. The monoisotopic (exact) mass is 370 g/mol. The van der Waals surface area contributed by atoms with E-state index >= 15 is 0 Å². The van der Waals surface area contributed by atoms with Gasteiger partial charge in [-0.1, -0.05) is 48.5 Å². The zero-order valence-corrected chi connectivity index (χ0v) is 15.3. The Balaban J connectivity index is 1.98. The van der Waals surface area contributed by atoms with Crippen LogP contribution in [0.2, 0.25) is 0 Å². The van der Waals surface area contributed by atoms with E-state index in [2.05, 4.69) is 4.74 Å². The van der Waals surface area contributed by atoms with E-state index in [0.29, 0.717) is 5.69 Å². The van der Waals surface area contributed by atoms with Crippen molar-refractivity contribution in [1.82, 2.24) is 4.90 Å². The van der Waals surface area contributed by atoms with Gasteiger partial charge in [-0.2, -0.15) is 0 Å². The molecule has 0 unspecified atom stereocenters. The highest BCUT2D eigenvalue weighted by Gasteiger charge is 2.23. The van der Waals surface area contributed by atoms with Gasteiger partial charge in [-0.05, 0) is 17.7 Å². The lowest BCUT2D eigenvalue weighted by Gasteiger charge is -2.24. The number of hydrogen-bond acceptors (Lipinski definition) is 5. The number of benzene rings is 2. The smallest absolute Gasteiger partial charge is 0.410 e. The van der Waals surface area contributed by atoms with Crippen molar-refractivity contribution in [2.75, 3.05) is 32.1 Å². The highest BCUT2D eigenvalue weighted by Crippen LogP contribution is 2.14. The number of nitrogens with zero attached hydrogens (tertiary/aromatic N) is 2. The molecule has 7 heteroatoms. The average Bonchev–Trinajstić information content (AvgIpc) is 2.71. The Bertz CT molecular complexity index is 764. The van der Waals surface area contributed by atoms with E-state index in [0.717, 1.165) is 5.56 Å². The fraction of sp³-hybridized carbons (Fsp3) is 0.250. The van der Waals surface area contributed by atoms with Crippen LogP contribution < -0.4 is 4.90 Å². The number of methoxy groups -OCH3 is 1. The van der Waals surface area contributed by atoms with Gasteiger partial charge in [-0.25, -0.2) is 4.79 Å². The fourth-order valence-electron chi connectivity index (χ4n) is 2.31. The van der Waals surface area contributed by atoms with E-state index in [1.54, 1.807) is 30.3 Å². The Kier molecular flexibility index (Phi) is 7.37. The summed E-state index contributed by atoms with van der Waals surface area (Å²) in [6, 6.07) is 18.0. The van der Waals surface area contributed by atoms with Crippen LogP contribution in [0.15, 0.2) is 60.7 Å². The van der Waals surface area contributed by atoms with Crippen molar-refractivity contribution in [1.29, 1.82) is 0 Å². The Morgan fingerprint density at radius 1 is 0.889 bits per heavy atom. The number of carbonyl (C=O) groups excluding carboxylic acids is 3. The van der Waals surface area contributed by atoms with Gasteiger partial charge in [0.05, 0.1) is 7.11 Å². The summed E-state index contributed by atoms with van der Waals surface area (Å²) in [5.41, 5.74) is 1.39. The average molecular weight is 370 g/mol. The van der Waals surface area contributed by atoms with Crippen LogP contribution >= 0.6 is 0 Å². The molecule has 142 valence electrons. The second-order valence-corrected chi connectivity index (χ2v) is 5.79. The largest absolute Gasteiger partial charge is 0.468 e. The van der Waals surface area contributed by atoms with Crippen LogP contribution in [0.25, 0.3) is 0 Å². The van der Waals surface area contributed by atoms with Gasteiger partial charge in [0.2, 0.25) is 5.91 Å². The molecule has 2 aromatic carbocycles. The minimum Gasteiger partial charge on any atom is -0.468 e. The first-order chi connectivity index (χ1) is 13.0. The summed E-state index contributed by atoms with van der Waals surface area (Å²) < 4.78 is 9.86. The number of ether oxygens (including phenoxy) is 2. The minimum absolute atomic E-state index is 0.114. The summed E-state index contributed by atoms with van der Waals surface area (Å²) in [5.74, 6) is -0.979. The molecule has 0 N–H and O–H groups in total. The van der Waals surface area contributed by atoms with E-state index in [1.165, 1.54) is 24.0 Å². The topological polar surface area (TPSA) is 76.2 Å². The molecule has 0 aliphatic rings. The van der Waals surface area contributed by atoms with Crippen molar-refractivity contribution < 1.29 is 23.9 Å². The molecule has 2 aromatic rings. The highest BCUT2D eigenvalue weighted by atomic mass is 16.6. The minimum atomic E-state index is -0.627. The van der Waals surface area contributed by atoms with Gasteiger partial charge in [-0.3, -0.25) is 14.5 Å². The summed E-state index contributed by atoms with van der Waals surface area (Å²) >= 11 is 0. The second kappa shape index (κ2) is 9.96. The molecule has 0 fully saturated rings. The molecule has 27 heavy (non-hydrogen) atoms. The van der Waals surface area contributed by atoms with Crippen molar-refractivity contribution in [2.45, 2.75) is 6.61 Å². The molecule has 0 saturated carbocycles. The molecule has 0 radical (unpaired) electrons. The zero-order chi connectivity index (χ0) is 19.6. The summed E-state index contributed by atoms with van der Waals surface area (Å²) in [5, 5.41) is 0. The molecule has 0 aliphatic heterocycles. The lowest BCUT2D eigenvalue weighted by Crippen LogP contribution is -2.43. The van der Waals surface area contributed by atoms with Crippen molar-refractivity contribution in [2.24, 2.45) is 0 Å². The molecular weight excluding hydrogens is 348 g/mol. The maximum atomic E-state index is 12.7. The quantitative estimate of drug-likeness (QED) is 0.700.